The number of rotatable bonds is 5. The van der Waals surface area contributed by atoms with Gasteiger partial charge in [-0.15, -0.1) is 11.3 Å². The van der Waals surface area contributed by atoms with Gasteiger partial charge in [-0.2, -0.15) is 0 Å². The molecule has 1 saturated heterocycles. The predicted octanol–water partition coefficient (Wildman–Crippen LogP) is 1.20. The summed E-state index contributed by atoms with van der Waals surface area (Å²) in [6.07, 6.45) is 3.36. The molecule has 0 atom stereocenters. The smallest absolute Gasteiger partial charge is 0.263 e. The molecule has 7 nitrogen and oxygen atoms in total. The Morgan fingerprint density at radius 2 is 2.17 bits per heavy atom. The number of aryl methyl sites for hydroxylation is 1. The number of morpholine rings is 1. The SMILES string of the molecule is Cc1ccn(CCN2CCOCC2)c(=O)c1C(=O)Nc1nccs1. The number of aromatic nitrogens is 2. The van der Waals surface area contributed by atoms with Crippen LogP contribution >= 0.6 is 11.3 Å². The lowest BCUT2D eigenvalue weighted by molar-refractivity contribution is 0.0363. The van der Waals surface area contributed by atoms with Gasteiger partial charge in [0.25, 0.3) is 11.5 Å². The lowest BCUT2D eigenvalue weighted by atomic mass is 10.1. The van der Waals surface area contributed by atoms with Gasteiger partial charge in [-0.25, -0.2) is 4.98 Å². The van der Waals surface area contributed by atoms with Crippen LogP contribution in [0.4, 0.5) is 5.13 Å². The molecule has 0 saturated carbocycles. The molecule has 0 aliphatic carbocycles. The zero-order chi connectivity index (χ0) is 16.9. The zero-order valence-corrected chi connectivity index (χ0v) is 14.3. The van der Waals surface area contributed by atoms with Crippen LogP contribution in [0.1, 0.15) is 15.9 Å². The first-order chi connectivity index (χ1) is 11.6. The van der Waals surface area contributed by atoms with E-state index >= 15 is 0 Å². The minimum Gasteiger partial charge on any atom is -0.379 e. The van der Waals surface area contributed by atoms with Crippen molar-refractivity contribution >= 4 is 22.4 Å². The Labute approximate surface area is 143 Å². The normalized spacial score (nSPS) is 15.4. The fourth-order valence-corrected chi connectivity index (χ4v) is 3.16. The van der Waals surface area contributed by atoms with Crippen LogP contribution in [-0.4, -0.2) is 53.2 Å². The molecule has 0 bridgehead atoms. The molecule has 3 heterocycles. The number of hydrogen-bond acceptors (Lipinski definition) is 6. The number of hydrogen-bond donors (Lipinski definition) is 1. The zero-order valence-electron chi connectivity index (χ0n) is 13.5. The number of carbonyl (C=O) groups excluding carboxylic acids is 1. The van der Waals surface area contributed by atoms with Gasteiger partial charge in [0.1, 0.15) is 5.56 Å². The highest BCUT2D eigenvalue weighted by Crippen LogP contribution is 2.12. The van der Waals surface area contributed by atoms with Crippen LogP contribution in [0.3, 0.4) is 0 Å². The highest BCUT2D eigenvalue weighted by atomic mass is 32.1. The first-order valence-electron chi connectivity index (χ1n) is 7.86. The van der Waals surface area contributed by atoms with Gasteiger partial charge in [0.2, 0.25) is 0 Å². The quantitative estimate of drug-likeness (QED) is 0.879. The summed E-state index contributed by atoms with van der Waals surface area (Å²) < 4.78 is 6.92. The molecule has 8 heteroatoms. The highest BCUT2D eigenvalue weighted by molar-refractivity contribution is 7.13. The van der Waals surface area contributed by atoms with Crippen molar-refractivity contribution in [1.82, 2.24) is 14.5 Å². The Bertz CT molecular complexity index is 751. The number of thiazole rings is 1. The molecular weight excluding hydrogens is 328 g/mol. The molecule has 1 fully saturated rings. The number of anilines is 1. The fourth-order valence-electron chi connectivity index (χ4n) is 2.64. The van der Waals surface area contributed by atoms with Crippen LogP contribution < -0.4 is 10.9 Å². The number of ether oxygens (including phenoxy) is 1. The second-order valence-electron chi connectivity index (χ2n) is 5.62. The van der Waals surface area contributed by atoms with E-state index in [1.54, 1.807) is 35.3 Å². The van der Waals surface area contributed by atoms with E-state index < -0.39 is 5.91 Å². The summed E-state index contributed by atoms with van der Waals surface area (Å²) in [5, 5.41) is 4.94. The molecule has 3 rings (SSSR count). The van der Waals surface area contributed by atoms with E-state index in [2.05, 4.69) is 15.2 Å². The van der Waals surface area contributed by atoms with Crippen LogP contribution in [0.5, 0.6) is 0 Å². The summed E-state index contributed by atoms with van der Waals surface area (Å²) in [4.78, 5) is 31.4. The van der Waals surface area contributed by atoms with Crippen LogP contribution in [0.2, 0.25) is 0 Å². The molecule has 2 aromatic heterocycles. The predicted molar refractivity (Wildman–Crippen MR) is 92.8 cm³/mol. The van der Waals surface area contributed by atoms with E-state index in [9.17, 15) is 9.59 Å². The molecule has 128 valence electrons. The van der Waals surface area contributed by atoms with Gasteiger partial charge >= 0.3 is 0 Å². The van der Waals surface area contributed by atoms with Crippen molar-refractivity contribution in [3.8, 4) is 0 Å². The number of carbonyl (C=O) groups is 1. The number of nitrogens with zero attached hydrogens (tertiary/aromatic N) is 3. The van der Waals surface area contributed by atoms with Gasteiger partial charge in [-0.3, -0.25) is 19.8 Å². The molecule has 1 aliphatic heterocycles. The summed E-state index contributed by atoms with van der Waals surface area (Å²) in [6, 6.07) is 1.80. The van der Waals surface area contributed by atoms with E-state index in [0.29, 0.717) is 17.2 Å². The summed E-state index contributed by atoms with van der Waals surface area (Å²) in [5.41, 5.74) is 0.573. The molecule has 24 heavy (non-hydrogen) atoms. The van der Waals surface area contributed by atoms with Crippen molar-refractivity contribution in [2.24, 2.45) is 0 Å². The standard InChI is InChI=1S/C16H20N4O3S/c1-12-2-4-20(6-5-19-7-9-23-10-8-19)15(22)13(12)14(21)18-16-17-3-11-24-16/h2-4,11H,5-10H2,1H3,(H,17,18,21). The lowest BCUT2D eigenvalue weighted by Gasteiger charge is -2.26. The third-order valence-corrected chi connectivity index (χ3v) is 4.70. The van der Waals surface area contributed by atoms with Gasteiger partial charge < -0.3 is 9.30 Å². The maximum absolute atomic E-state index is 12.7. The maximum Gasteiger partial charge on any atom is 0.263 e. The number of amides is 1. The molecule has 2 aromatic rings. The van der Waals surface area contributed by atoms with Crippen LogP contribution in [0.15, 0.2) is 28.6 Å². The Morgan fingerprint density at radius 3 is 2.88 bits per heavy atom. The van der Waals surface area contributed by atoms with Gasteiger partial charge in [0, 0.05) is 44.0 Å². The summed E-state index contributed by atoms with van der Waals surface area (Å²) >= 11 is 1.32. The van der Waals surface area contributed by atoms with E-state index in [0.717, 1.165) is 32.8 Å². The maximum atomic E-state index is 12.7. The van der Waals surface area contributed by atoms with Gasteiger partial charge in [0.05, 0.1) is 13.2 Å². The molecule has 0 aromatic carbocycles. The second-order valence-corrected chi connectivity index (χ2v) is 6.51. The highest BCUT2D eigenvalue weighted by Gasteiger charge is 2.17. The topological polar surface area (TPSA) is 76.5 Å². The second kappa shape index (κ2) is 7.69. The van der Waals surface area contributed by atoms with Crippen molar-refractivity contribution in [2.45, 2.75) is 13.5 Å². The van der Waals surface area contributed by atoms with Crippen LogP contribution in [0, 0.1) is 6.92 Å². The summed E-state index contributed by atoms with van der Waals surface area (Å²) in [7, 11) is 0. The monoisotopic (exact) mass is 348 g/mol. The van der Waals surface area contributed by atoms with E-state index in [-0.39, 0.29) is 11.1 Å². The molecule has 0 spiro atoms. The largest absolute Gasteiger partial charge is 0.379 e. The molecule has 0 radical (unpaired) electrons. The van der Waals surface area contributed by atoms with E-state index in [4.69, 9.17) is 4.74 Å². The number of pyridine rings is 1. The van der Waals surface area contributed by atoms with Gasteiger partial charge in [0.15, 0.2) is 5.13 Å². The third kappa shape index (κ3) is 3.89. The minimum absolute atomic E-state index is 0.176. The Kier molecular flexibility index (Phi) is 5.39. The summed E-state index contributed by atoms with van der Waals surface area (Å²) in [6.45, 7) is 6.28. The van der Waals surface area contributed by atoms with Crippen LogP contribution in [0.25, 0.3) is 0 Å². The minimum atomic E-state index is -0.409. The average molecular weight is 348 g/mol. The molecule has 0 unspecified atom stereocenters. The van der Waals surface area contributed by atoms with Crippen molar-refractivity contribution in [2.75, 3.05) is 38.2 Å². The van der Waals surface area contributed by atoms with Crippen molar-refractivity contribution in [3.05, 3.63) is 45.3 Å². The van der Waals surface area contributed by atoms with Crippen molar-refractivity contribution < 1.29 is 9.53 Å². The molecular formula is C16H20N4O3S. The van der Waals surface area contributed by atoms with Crippen molar-refractivity contribution in [1.29, 1.82) is 0 Å². The third-order valence-electron chi connectivity index (χ3n) is 4.01. The Morgan fingerprint density at radius 1 is 1.38 bits per heavy atom. The average Bonchev–Trinajstić information content (AvgIpc) is 3.08. The van der Waals surface area contributed by atoms with Crippen molar-refractivity contribution in [3.63, 3.8) is 0 Å². The first kappa shape index (κ1) is 16.8. The van der Waals surface area contributed by atoms with Gasteiger partial charge in [-0.1, -0.05) is 0 Å². The van der Waals surface area contributed by atoms with Crippen LogP contribution in [-0.2, 0) is 11.3 Å². The Balaban J connectivity index is 1.74. The van der Waals surface area contributed by atoms with E-state index in [1.807, 2.05) is 0 Å². The van der Waals surface area contributed by atoms with E-state index in [1.165, 1.54) is 11.3 Å². The Hall–Kier alpha value is -2.03. The molecule has 1 amide bonds. The molecule has 1 aliphatic rings. The molecule has 1 N–H and O–H groups in total. The first-order valence-corrected chi connectivity index (χ1v) is 8.74. The summed E-state index contributed by atoms with van der Waals surface area (Å²) in [5.74, 6) is -0.409. The fraction of sp³-hybridized carbons (Fsp3) is 0.438. The van der Waals surface area contributed by atoms with Gasteiger partial charge in [-0.05, 0) is 18.6 Å². The number of nitrogens with one attached hydrogen (secondary N) is 1. The lowest BCUT2D eigenvalue weighted by Crippen LogP contribution is -2.40.